The molecule has 3 rings (SSSR count). The molecule has 1 aliphatic heterocycles. The van der Waals surface area contributed by atoms with Crippen LogP contribution in [0.15, 0.2) is 60.7 Å². The van der Waals surface area contributed by atoms with Gasteiger partial charge < -0.3 is 15.0 Å². The van der Waals surface area contributed by atoms with E-state index in [9.17, 15) is 14.4 Å². The Morgan fingerprint density at radius 2 is 1.68 bits per heavy atom. The average Bonchev–Trinajstić information content (AvgIpc) is 2.93. The van der Waals surface area contributed by atoms with E-state index in [0.29, 0.717) is 30.9 Å². The summed E-state index contributed by atoms with van der Waals surface area (Å²) in [5.74, 6) is -0.708. The molecule has 0 aliphatic carbocycles. The maximum Gasteiger partial charge on any atom is 0.332 e. The third-order valence-electron chi connectivity index (χ3n) is 4.52. The highest BCUT2D eigenvalue weighted by Gasteiger charge is 2.46. The van der Waals surface area contributed by atoms with Crippen molar-refractivity contribution in [2.24, 2.45) is 0 Å². The van der Waals surface area contributed by atoms with E-state index in [1.54, 1.807) is 43.5 Å². The molecule has 0 unspecified atom stereocenters. The Balaban J connectivity index is 1.78. The van der Waals surface area contributed by atoms with Gasteiger partial charge in [-0.15, -0.1) is 0 Å². The van der Waals surface area contributed by atoms with Crippen molar-refractivity contribution in [3.63, 3.8) is 0 Å². The zero-order chi connectivity index (χ0) is 19.9. The molecule has 2 aromatic carbocycles. The SMILES string of the molecule is COCCCN1C(=O)N(c2ccccc2)C(=O)[C@@H]1CC(=O)Nc1ccccc1. The average molecular weight is 381 g/mol. The molecule has 1 heterocycles. The normalized spacial score (nSPS) is 16.5. The highest BCUT2D eigenvalue weighted by molar-refractivity contribution is 6.22. The first-order valence-corrected chi connectivity index (χ1v) is 9.15. The van der Waals surface area contributed by atoms with E-state index < -0.39 is 18.0 Å². The van der Waals surface area contributed by atoms with Gasteiger partial charge in [0.05, 0.1) is 12.1 Å². The Morgan fingerprint density at radius 1 is 1.04 bits per heavy atom. The first-order valence-electron chi connectivity index (χ1n) is 9.15. The number of methoxy groups -OCH3 is 1. The molecule has 7 nitrogen and oxygen atoms in total. The molecular weight excluding hydrogens is 358 g/mol. The second-order valence-electron chi connectivity index (χ2n) is 6.47. The maximum atomic E-state index is 13.0. The molecule has 2 aromatic rings. The van der Waals surface area contributed by atoms with Crippen LogP contribution >= 0.6 is 0 Å². The van der Waals surface area contributed by atoms with Crippen LogP contribution < -0.4 is 10.2 Å². The molecule has 28 heavy (non-hydrogen) atoms. The second kappa shape index (κ2) is 9.14. The lowest BCUT2D eigenvalue weighted by Crippen LogP contribution is -2.38. The van der Waals surface area contributed by atoms with Gasteiger partial charge >= 0.3 is 6.03 Å². The number of rotatable bonds is 8. The van der Waals surface area contributed by atoms with Crippen LogP contribution in [0.25, 0.3) is 0 Å². The van der Waals surface area contributed by atoms with Gasteiger partial charge in [-0.2, -0.15) is 0 Å². The van der Waals surface area contributed by atoms with E-state index in [-0.39, 0.29) is 12.3 Å². The molecule has 7 heteroatoms. The summed E-state index contributed by atoms with van der Waals surface area (Å²) in [6.45, 7) is 0.803. The molecule has 1 atom stereocenters. The van der Waals surface area contributed by atoms with Crippen molar-refractivity contribution in [1.82, 2.24) is 4.90 Å². The standard InChI is InChI=1S/C21H23N3O4/c1-28-14-8-13-23-18(15-19(25)22-16-9-4-2-5-10-16)20(26)24(21(23)27)17-11-6-3-7-12-17/h2-7,9-12,18H,8,13-15H2,1H3,(H,22,25)/t18-/m0/s1. The number of nitrogens with one attached hydrogen (secondary N) is 1. The molecule has 1 saturated heterocycles. The van der Waals surface area contributed by atoms with Crippen LogP contribution in [0.4, 0.5) is 16.2 Å². The van der Waals surface area contributed by atoms with E-state index in [4.69, 9.17) is 4.74 Å². The molecule has 1 aliphatic rings. The number of para-hydroxylation sites is 2. The van der Waals surface area contributed by atoms with Gasteiger partial charge in [0, 0.05) is 25.9 Å². The molecule has 4 amide bonds. The summed E-state index contributed by atoms with van der Waals surface area (Å²) in [4.78, 5) is 41.0. The van der Waals surface area contributed by atoms with Gasteiger partial charge in [0.2, 0.25) is 5.91 Å². The maximum absolute atomic E-state index is 13.0. The third kappa shape index (κ3) is 4.37. The molecule has 0 radical (unpaired) electrons. The minimum atomic E-state index is -0.840. The number of anilines is 2. The summed E-state index contributed by atoms with van der Waals surface area (Å²) < 4.78 is 5.05. The van der Waals surface area contributed by atoms with Crippen molar-refractivity contribution in [3.05, 3.63) is 60.7 Å². The summed E-state index contributed by atoms with van der Waals surface area (Å²) in [6.07, 6.45) is 0.477. The van der Waals surface area contributed by atoms with E-state index in [1.165, 1.54) is 4.90 Å². The number of nitrogens with zero attached hydrogens (tertiary/aromatic N) is 2. The second-order valence-corrected chi connectivity index (χ2v) is 6.47. The summed E-state index contributed by atoms with van der Waals surface area (Å²) >= 11 is 0. The van der Waals surface area contributed by atoms with Gasteiger partial charge in [-0.05, 0) is 30.7 Å². The minimum absolute atomic E-state index is 0.101. The third-order valence-corrected chi connectivity index (χ3v) is 4.52. The van der Waals surface area contributed by atoms with Crippen LogP contribution in [0, 0.1) is 0 Å². The van der Waals surface area contributed by atoms with Crippen molar-refractivity contribution in [2.75, 3.05) is 30.5 Å². The Labute approximate surface area is 163 Å². The topological polar surface area (TPSA) is 79.0 Å². The lowest BCUT2D eigenvalue weighted by Gasteiger charge is -2.21. The number of amides is 4. The van der Waals surface area contributed by atoms with Crippen LogP contribution in [0.5, 0.6) is 0 Å². The van der Waals surface area contributed by atoms with E-state index in [0.717, 1.165) is 4.90 Å². The van der Waals surface area contributed by atoms with Crippen LogP contribution in [0.3, 0.4) is 0 Å². The number of urea groups is 1. The number of carbonyl (C=O) groups is 3. The van der Waals surface area contributed by atoms with Gasteiger partial charge in [-0.25, -0.2) is 9.69 Å². The lowest BCUT2D eigenvalue weighted by atomic mass is 10.1. The van der Waals surface area contributed by atoms with Crippen LogP contribution in [-0.2, 0) is 14.3 Å². The molecule has 1 N–H and O–H groups in total. The number of benzene rings is 2. The zero-order valence-corrected chi connectivity index (χ0v) is 15.7. The van der Waals surface area contributed by atoms with Crippen molar-refractivity contribution < 1.29 is 19.1 Å². The van der Waals surface area contributed by atoms with Crippen molar-refractivity contribution in [1.29, 1.82) is 0 Å². The van der Waals surface area contributed by atoms with Gasteiger partial charge in [0.25, 0.3) is 5.91 Å². The van der Waals surface area contributed by atoms with E-state index >= 15 is 0 Å². The first-order chi connectivity index (χ1) is 13.6. The lowest BCUT2D eigenvalue weighted by molar-refractivity contribution is -0.124. The van der Waals surface area contributed by atoms with Crippen LogP contribution in [0.1, 0.15) is 12.8 Å². The van der Waals surface area contributed by atoms with E-state index in [1.807, 2.05) is 24.3 Å². The summed E-state index contributed by atoms with van der Waals surface area (Å²) in [5, 5.41) is 2.77. The fourth-order valence-electron chi connectivity index (χ4n) is 3.19. The van der Waals surface area contributed by atoms with Crippen molar-refractivity contribution in [3.8, 4) is 0 Å². The highest BCUT2D eigenvalue weighted by atomic mass is 16.5. The number of ether oxygens (including phenoxy) is 1. The van der Waals surface area contributed by atoms with Crippen molar-refractivity contribution >= 4 is 29.2 Å². The summed E-state index contributed by atoms with van der Waals surface area (Å²) in [7, 11) is 1.58. The molecule has 0 saturated carbocycles. The molecule has 146 valence electrons. The fourth-order valence-corrected chi connectivity index (χ4v) is 3.19. The Kier molecular flexibility index (Phi) is 6.39. The summed E-state index contributed by atoms with van der Waals surface area (Å²) in [6, 6.07) is 16.5. The number of imide groups is 1. The van der Waals surface area contributed by atoms with E-state index in [2.05, 4.69) is 5.32 Å². The monoisotopic (exact) mass is 381 g/mol. The van der Waals surface area contributed by atoms with Gasteiger partial charge in [-0.3, -0.25) is 9.59 Å². The number of hydrogen-bond donors (Lipinski definition) is 1. The smallest absolute Gasteiger partial charge is 0.332 e. The largest absolute Gasteiger partial charge is 0.385 e. The Morgan fingerprint density at radius 3 is 2.32 bits per heavy atom. The Bertz CT molecular complexity index is 826. The zero-order valence-electron chi connectivity index (χ0n) is 15.7. The predicted molar refractivity (Wildman–Crippen MR) is 106 cm³/mol. The van der Waals surface area contributed by atoms with Crippen LogP contribution in [0.2, 0.25) is 0 Å². The predicted octanol–water partition coefficient (Wildman–Crippen LogP) is 2.89. The quantitative estimate of drug-likeness (QED) is 0.563. The summed E-state index contributed by atoms with van der Waals surface area (Å²) in [5.41, 5.74) is 1.15. The van der Waals surface area contributed by atoms with Gasteiger partial charge in [0.15, 0.2) is 0 Å². The molecule has 1 fully saturated rings. The Hall–Kier alpha value is -3.19. The number of hydrogen-bond acceptors (Lipinski definition) is 4. The number of carbonyl (C=O) groups excluding carboxylic acids is 3. The first kappa shape index (κ1) is 19.6. The molecular formula is C21H23N3O4. The molecule has 0 spiro atoms. The van der Waals surface area contributed by atoms with Crippen molar-refractivity contribution in [2.45, 2.75) is 18.9 Å². The minimum Gasteiger partial charge on any atom is -0.385 e. The fraction of sp³-hybridized carbons (Fsp3) is 0.286. The van der Waals surface area contributed by atoms with Crippen LogP contribution in [-0.4, -0.2) is 49.0 Å². The molecule has 0 bridgehead atoms. The molecule has 0 aromatic heterocycles. The van der Waals surface area contributed by atoms with Gasteiger partial charge in [0.1, 0.15) is 6.04 Å². The van der Waals surface area contributed by atoms with Gasteiger partial charge in [-0.1, -0.05) is 36.4 Å². The highest BCUT2D eigenvalue weighted by Crippen LogP contribution is 2.27.